The van der Waals surface area contributed by atoms with E-state index in [1.807, 2.05) is 0 Å². The topological polar surface area (TPSA) is 63.6 Å². The zero-order valence-corrected chi connectivity index (χ0v) is 15.1. The number of esters is 1. The van der Waals surface area contributed by atoms with Gasteiger partial charge in [-0.2, -0.15) is 0 Å². The molecule has 0 radical (unpaired) electrons. The first kappa shape index (κ1) is 23.7. The maximum absolute atomic E-state index is 11.1. The second kappa shape index (κ2) is 15.3. The average Bonchev–Trinajstić information content (AvgIpc) is 2.47. The van der Waals surface area contributed by atoms with Gasteiger partial charge in [0.1, 0.15) is 0 Å². The predicted molar refractivity (Wildman–Crippen MR) is 95.1 cm³/mol. The molecule has 0 bridgehead atoms. The molecule has 0 saturated carbocycles. The van der Waals surface area contributed by atoms with Crippen LogP contribution in [0.5, 0.6) is 0 Å². The summed E-state index contributed by atoms with van der Waals surface area (Å²) in [6.07, 6.45) is 12.1. The third kappa shape index (κ3) is 16.6. The zero-order chi connectivity index (χ0) is 18.1. The molecule has 23 heavy (non-hydrogen) atoms. The molecule has 0 unspecified atom stereocenters. The van der Waals surface area contributed by atoms with E-state index in [4.69, 9.17) is 5.11 Å². The molecule has 0 aliphatic heterocycles. The van der Waals surface area contributed by atoms with Crippen LogP contribution in [0.15, 0.2) is 25.5 Å². The fourth-order valence-corrected chi connectivity index (χ4v) is 1.91. The van der Waals surface area contributed by atoms with E-state index in [9.17, 15) is 9.59 Å². The van der Waals surface area contributed by atoms with Crippen molar-refractivity contribution in [3.05, 3.63) is 25.5 Å². The van der Waals surface area contributed by atoms with Crippen LogP contribution in [-0.4, -0.2) is 17.0 Å². The Morgan fingerprint density at radius 2 is 1.57 bits per heavy atom. The fourth-order valence-electron chi connectivity index (χ4n) is 1.91. The molecule has 0 rings (SSSR count). The molecule has 0 spiro atoms. The molecule has 0 aliphatic rings. The second-order valence-corrected chi connectivity index (χ2v) is 6.21. The highest BCUT2D eigenvalue weighted by atomic mass is 16.5. The molecule has 0 fully saturated rings. The molecule has 0 aromatic carbocycles. The first-order chi connectivity index (χ1) is 10.8. The number of carboxylic acid groups (broad SMARTS) is 1. The summed E-state index contributed by atoms with van der Waals surface area (Å²) in [5.74, 6) is -0.934. The highest BCUT2D eigenvalue weighted by molar-refractivity contribution is 5.76. The number of carboxylic acids is 1. The summed E-state index contributed by atoms with van der Waals surface area (Å²) in [5, 5.41) is 8.35. The van der Waals surface area contributed by atoms with Gasteiger partial charge >= 0.3 is 11.9 Å². The lowest BCUT2D eigenvalue weighted by Crippen LogP contribution is -2.24. The third-order valence-electron chi connectivity index (χ3n) is 3.39. The molecule has 0 heterocycles. The Hall–Kier alpha value is -1.58. The van der Waals surface area contributed by atoms with Crippen molar-refractivity contribution < 1.29 is 19.4 Å². The maximum atomic E-state index is 11.1. The largest absolute Gasteiger partial charge is 0.481 e. The van der Waals surface area contributed by atoms with Gasteiger partial charge in [-0.05, 0) is 26.7 Å². The minimum Gasteiger partial charge on any atom is -0.481 e. The van der Waals surface area contributed by atoms with Gasteiger partial charge in [0.15, 0.2) is 0 Å². The standard InChI is InChI=1S/C10H20O2.C9H14O2/c1-2-3-4-5-6-7-8-9-10(11)12;1-5-7-9(3,4)8(10)11-6-2/h2-9H2,1H3,(H,11,12);5-6H,1-2,7H2,3-4H3. The third-order valence-corrected chi connectivity index (χ3v) is 3.39. The van der Waals surface area contributed by atoms with E-state index in [-0.39, 0.29) is 5.97 Å². The number of hydrogen-bond acceptors (Lipinski definition) is 3. The number of allylic oxidation sites excluding steroid dienone is 1. The summed E-state index contributed by atoms with van der Waals surface area (Å²) < 4.78 is 4.64. The maximum Gasteiger partial charge on any atom is 0.316 e. The molecule has 0 amide bonds. The van der Waals surface area contributed by atoms with Gasteiger partial charge in [-0.15, -0.1) is 6.58 Å². The van der Waals surface area contributed by atoms with Crippen molar-refractivity contribution in [2.24, 2.45) is 5.41 Å². The molecule has 134 valence electrons. The van der Waals surface area contributed by atoms with Crippen LogP contribution in [0.25, 0.3) is 0 Å². The van der Waals surface area contributed by atoms with Crippen LogP contribution in [-0.2, 0) is 14.3 Å². The Labute approximate surface area is 141 Å². The normalized spacial score (nSPS) is 10.2. The van der Waals surface area contributed by atoms with Crippen LogP contribution >= 0.6 is 0 Å². The smallest absolute Gasteiger partial charge is 0.316 e. The molecule has 0 saturated heterocycles. The Kier molecular flexibility index (Phi) is 15.8. The van der Waals surface area contributed by atoms with E-state index in [1.165, 1.54) is 32.1 Å². The van der Waals surface area contributed by atoms with Gasteiger partial charge in [0, 0.05) is 6.42 Å². The van der Waals surface area contributed by atoms with Crippen LogP contribution < -0.4 is 0 Å². The second-order valence-electron chi connectivity index (χ2n) is 6.21. The van der Waals surface area contributed by atoms with Gasteiger partial charge in [0.2, 0.25) is 0 Å². The Balaban J connectivity index is 0. The molecule has 4 heteroatoms. The Morgan fingerprint density at radius 3 is 2.00 bits per heavy atom. The van der Waals surface area contributed by atoms with Crippen molar-refractivity contribution in [3.63, 3.8) is 0 Å². The molecular formula is C19H34O4. The first-order valence-electron chi connectivity index (χ1n) is 8.46. The van der Waals surface area contributed by atoms with Gasteiger partial charge in [-0.25, -0.2) is 0 Å². The summed E-state index contributed by atoms with van der Waals surface area (Å²) in [7, 11) is 0. The SMILES string of the molecule is C=CCC(C)(C)C(=O)OC=C.CCCCCCCCCC(=O)O. The summed E-state index contributed by atoms with van der Waals surface area (Å²) >= 11 is 0. The predicted octanol–water partition coefficient (Wildman–Crippen LogP) is 5.49. The van der Waals surface area contributed by atoms with Crippen LogP contribution in [0.2, 0.25) is 0 Å². The van der Waals surface area contributed by atoms with E-state index in [0.717, 1.165) is 19.1 Å². The summed E-state index contributed by atoms with van der Waals surface area (Å²) in [4.78, 5) is 21.2. The summed E-state index contributed by atoms with van der Waals surface area (Å²) in [6, 6.07) is 0. The molecule has 4 nitrogen and oxygen atoms in total. The Bertz CT molecular complexity index is 345. The lowest BCUT2D eigenvalue weighted by atomic mass is 9.90. The molecule has 0 atom stereocenters. The van der Waals surface area contributed by atoms with E-state index >= 15 is 0 Å². The van der Waals surface area contributed by atoms with E-state index in [2.05, 4.69) is 24.8 Å². The highest BCUT2D eigenvalue weighted by Crippen LogP contribution is 2.22. The van der Waals surface area contributed by atoms with Crippen LogP contribution in [0.4, 0.5) is 0 Å². The highest BCUT2D eigenvalue weighted by Gasteiger charge is 2.26. The van der Waals surface area contributed by atoms with Gasteiger partial charge in [0.25, 0.3) is 0 Å². The van der Waals surface area contributed by atoms with Crippen molar-refractivity contribution in [1.82, 2.24) is 0 Å². The molecule has 0 aliphatic carbocycles. The van der Waals surface area contributed by atoms with Crippen molar-refractivity contribution in [2.45, 2.75) is 78.6 Å². The van der Waals surface area contributed by atoms with Gasteiger partial charge in [-0.3, -0.25) is 9.59 Å². The lowest BCUT2D eigenvalue weighted by molar-refractivity contribution is -0.147. The van der Waals surface area contributed by atoms with Gasteiger partial charge in [-0.1, -0.05) is 58.1 Å². The molecule has 0 aromatic heterocycles. The van der Waals surface area contributed by atoms with Gasteiger partial charge in [0.05, 0.1) is 11.7 Å². The number of unbranched alkanes of at least 4 members (excludes halogenated alkanes) is 6. The first-order valence-corrected chi connectivity index (χ1v) is 8.46. The number of rotatable bonds is 12. The zero-order valence-electron chi connectivity index (χ0n) is 15.1. The molecular weight excluding hydrogens is 292 g/mol. The number of aliphatic carboxylic acids is 1. The van der Waals surface area contributed by atoms with E-state index < -0.39 is 11.4 Å². The minimum absolute atomic E-state index is 0.271. The van der Waals surface area contributed by atoms with Crippen molar-refractivity contribution >= 4 is 11.9 Å². The van der Waals surface area contributed by atoms with E-state index in [1.54, 1.807) is 19.9 Å². The number of hydrogen-bond donors (Lipinski definition) is 1. The number of ether oxygens (including phenoxy) is 1. The molecule has 0 aromatic rings. The lowest BCUT2D eigenvalue weighted by Gasteiger charge is -2.18. The average molecular weight is 326 g/mol. The van der Waals surface area contributed by atoms with E-state index in [0.29, 0.717) is 12.8 Å². The van der Waals surface area contributed by atoms with Crippen LogP contribution in [0.1, 0.15) is 78.6 Å². The fraction of sp³-hybridized carbons (Fsp3) is 0.684. The van der Waals surface area contributed by atoms with Crippen LogP contribution in [0, 0.1) is 5.41 Å². The molecule has 1 N–H and O–H groups in total. The number of carbonyl (C=O) groups is 2. The van der Waals surface area contributed by atoms with Crippen molar-refractivity contribution in [3.8, 4) is 0 Å². The quantitative estimate of drug-likeness (QED) is 0.223. The van der Waals surface area contributed by atoms with Crippen LogP contribution in [0.3, 0.4) is 0 Å². The Morgan fingerprint density at radius 1 is 1.04 bits per heavy atom. The summed E-state index contributed by atoms with van der Waals surface area (Å²) in [5.41, 5.74) is -0.490. The van der Waals surface area contributed by atoms with Crippen molar-refractivity contribution in [2.75, 3.05) is 0 Å². The van der Waals surface area contributed by atoms with Gasteiger partial charge < -0.3 is 9.84 Å². The van der Waals surface area contributed by atoms with Crippen molar-refractivity contribution in [1.29, 1.82) is 0 Å². The monoisotopic (exact) mass is 326 g/mol. The summed E-state index contributed by atoms with van der Waals surface area (Å²) in [6.45, 7) is 12.7. The number of carbonyl (C=O) groups excluding carboxylic acids is 1. The minimum atomic E-state index is -0.663.